The first-order valence-electron chi connectivity index (χ1n) is 10.3. The summed E-state index contributed by atoms with van der Waals surface area (Å²) in [5, 5.41) is 6.40. The molecule has 2 atom stereocenters. The fraction of sp³-hybridized carbons (Fsp3) is 0.417. The lowest BCUT2D eigenvalue weighted by molar-refractivity contribution is -0.131. The van der Waals surface area contributed by atoms with Crippen molar-refractivity contribution in [1.29, 1.82) is 0 Å². The molecule has 0 N–H and O–H groups in total. The molecule has 0 spiro atoms. The first-order chi connectivity index (χ1) is 14.9. The average Bonchev–Trinajstić information content (AvgIpc) is 2.90. The van der Waals surface area contributed by atoms with Crippen LogP contribution in [0.25, 0.3) is 0 Å². The zero-order valence-corrected chi connectivity index (χ0v) is 19.2. The molecule has 2 aromatic rings. The van der Waals surface area contributed by atoms with Crippen molar-refractivity contribution in [3.05, 3.63) is 47.0 Å². The minimum Gasteiger partial charge on any atom is -0.493 e. The Hall–Kier alpha value is -3.22. The number of methoxy groups -OCH3 is 4. The minimum atomic E-state index is -0.128. The van der Waals surface area contributed by atoms with Crippen LogP contribution in [-0.2, 0) is 4.79 Å². The van der Waals surface area contributed by atoms with E-state index in [1.165, 1.54) is 6.92 Å². The summed E-state index contributed by atoms with van der Waals surface area (Å²) in [4.78, 5) is 12.5. The van der Waals surface area contributed by atoms with Gasteiger partial charge in [0.2, 0.25) is 5.91 Å². The van der Waals surface area contributed by atoms with E-state index < -0.39 is 0 Å². The van der Waals surface area contributed by atoms with E-state index in [1.807, 2.05) is 37.3 Å². The molecule has 2 aromatic carbocycles. The minimum absolute atomic E-state index is 0.0695. The van der Waals surface area contributed by atoms with Gasteiger partial charge in [0.25, 0.3) is 0 Å². The number of fused-ring (bicyclic) bond motifs is 1. The number of amides is 1. The molecule has 1 heterocycles. The normalized spacial score (nSPS) is 17.9. The summed E-state index contributed by atoms with van der Waals surface area (Å²) in [7, 11) is 6.42. The Labute approximate surface area is 183 Å². The molecule has 7 nitrogen and oxygen atoms in total. The van der Waals surface area contributed by atoms with Gasteiger partial charge in [0.15, 0.2) is 23.0 Å². The molecular formula is C24H30N2O5. The van der Waals surface area contributed by atoms with Crippen molar-refractivity contribution >= 4 is 11.6 Å². The molecule has 7 heteroatoms. The maximum Gasteiger partial charge on any atom is 0.239 e. The predicted molar refractivity (Wildman–Crippen MR) is 120 cm³/mol. The van der Waals surface area contributed by atoms with E-state index >= 15 is 0 Å². The van der Waals surface area contributed by atoms with Crippen LogP contribution in [0.2, 0.25) is 0 Å². The lowest BCUT2D eigenvalue weighted by Gasteiger charge is -2.29. The first kappa shape index (κ1) is 22.5. The van der Waals surface area contributed by atoms with Gasteiger partial charge in [-0.15, -0.1) is 0 Å². The second-order valence-corrected chi connectivity index (χ2v) is 7.43. The smallest absolute Gasteiger partial charge is 0.239 e. The lowest BCUT2D eigenvalue weighted by atomic mass is 9.84. The molecule has 31 heavy (non-hydrogen) atoms. The molecule has 3 rings (SSSR count). The standard InChI is InChI=1S/C24H30N2O5/c1-8-17-14(2)26(15(3)27)25-24(16-9-10-20(28-4)21(11-16)29-5)19-13-23(31-7)22(30-6)12-18(17)19/h9-14,17H,8H2,1-7H3. The summed E-state index contributed by atoms with van der Waals surface area (Å²) in [5.41, 5.74) is 3.42. The Kier molecular flexibility index (Phi) is 6.73. The second kappa shape index (κ2) is 9.29. The van der Waals surface area contributed by atoms with E-state index in [-0.39, 0.29) is 17.9 Å². The van der Waals surface area contributed by atoms with Crippen molar-refractivity contribution in [3.8, 4) is 23.0 Å². The molecule has 0 saturated carbocycles. The van der Waals surface area contributed by atoms with Gasteiger partial charge in [0.1, 0.15) is 0 Å². The highest BCUT2D eigenvalue weighted by Crippen LogP contribution is 2.41. The van der Waals surface area contributed by atoms with E-state index in [2.05, 4.69) is 6.92 Å². The van der Waals surface area contributed by atoms with Crippen molar-refractivity contribution in [2.45, 2.75) is 39.2 Å². The maximum atomic E-state index is 12.5. The number of carbonyl (C=O) groups excluding carboxylic acids is 1. The van der Waals surface area contributed by atoms with Crippen molar-refractivity contribution in [2.24, 2.45) is 5.10 Å². The number of nitrogens with zero attached hydrogens (tertiary/aromatic N) is 2. The number of carbonyl (C=O) groups is 1. The number of benzene rings is 2. The van der Waals surface area contributed by atoms with Gasteiger partial charge in [0.05, 0.1) is 40.2 Å². The number of hydrogen-bond acceptors (Lipinski definition) is 6. The van der Waals surface area contributed by atoms with E-state index in [0.717, 1.165) is 23.1 Å². The first-order valence-corrected chi connectivity index (χ1v) is 10.3. The van der Waals surface area contributed by atoms with Crippen LogP contribution in [0.3, 0.4) is 0 Å². The van der Waals surface area contributed by atoms with Crippen molar-refractivity contribution < 1.29 is 23.7 Å². The number of ether oxygens (including phenoxy) is 4. The third-order valence-electron chi connectivity index (χ3n) is 5.81. The Morgan fingerprint density at radius 3 is 2.06 bits per heavy atom. The zero-order chi connectivity index (χ0) is 22.7. The monoisotopic (exact) mass is 426 g/mol. The zero-order valence-electron chi connectivity index (χ0n) is 19.2. The Morgan fingerprint density at radius 2 is 1.52 bits per heavy atom. The third kappa shape index (κ3) is 4.04. The van der Waals surface area contributed by atoms with Crippen molar-refractivity contribution in [1.82, 2.24) is 5.01 Å². The van der Waals surface area contributed by atoms with E-state index in [0.29, 0.717) is 28.7 Å². The molecule has 1 aliphatic heterocycles. The third-order valence-corrected chi connectivity index (χ3v) is 5.81. The summed E-state index contributed by atoms with van der Waals surface area (Å²) >= 11 is 0. The molecule has 0 saturated heterocycles. The van der Waals surface area contributed by atoms with E-state index in [4.69, 9.17) is 24.0 Å². The molecule has 1 aliphatic rings. The van der Waals surface area contributed by atoms with Gasteiger partial charge < -0.3 is 18.9 Å². The number of hydrogen-bond donors (Lipinski definition) is 0. The Balaban J connectivity index is 2.34. The quantitative estimate of drug-likeness (QED) is 0.692. The number of hydrazone groups is 1. The fourth-order valence-corrected chi connectivity index (χ4v) is 4.20. The van der Waals surface area contributed by atoms with Crippen molar-refractivity contribution in [2.75, 3.05) is 28.4 Å². The van der Waals surface area contributed by atoms with E-state index in [9.17, 15) is 4.79 Å². The highest BCUT2D eigenvalue weighted by atomic mass is 16.5. The largest absolute Gasteiger partial charge is 0.493 e. The van der Waals surface area contributed by atoms with Crippen LogP contribution < -0.4 is 18.9 Å². The maximum absolute atomic E-state index is 12.5. The molecule has 0 bridgehead atoms. The SMILES string of the molecule is CCC1c2cc(OC)c(OC)cc2C(c2ccc(OC)c(OC)c2)=NN(C(C)=O)C1C. The number of rotatable bonds is 6. The van der Waals surface area contributed by atoms with Crippen LogP contribution in [0.15, 0.2) is 35.4 Å². The summed E-state index contributed by atoms with van der Waals surface area (Å²) in [6.07, 6.45) is 0.835. The van der Waals surface area contributed by atoms with Crippen LogP contribution in [-0.4, -0.2) is 51.1 Å². The van der Waals surface area contributed by atoms with Crippen molar-refractivity contribution in [3.63, 3.8) is 0 Å². The summed E-state index contributed by atoms with van der Waals surface area (Å²) in [6, 6.07) is 9.42. The van der Waals surface area contributed by atoms with E-state index in [1.54, 1.807) is 33.4 Å². The highest BCUT2D eigenvalue weighted by Gasteiger charge is 2.34. The molecule has 1 amide bonds. The highest BCUT2D eigenvalue weighted by molar-refractivity contribution is 6.15. The second-order valence-electron chi connectivity index (χ2n) is 7.43. The van der Waals surface area contributed by atoms with Gasteiger partial charge in [-0.25, -0.2) is 5.01 Å². The van der Waals surface area contributed by atoms with Gasteiger partial charge in [0, 0.05) is 24.0 Å². The molecule has 0 fully saturated rings. The molecular weight excluding hydrogens is 396 g/mol. The predicted octanol–water partition coefficient (Wildman–Crippen LogP) is 4.22. The molecule has 0 aromatic heterocycles. The molecule has 0 aliphatic carbocycles. The van der Waals surface area contributed by atoms with Crippen LogP contribution in [0, 0.1) is 0 Å². The van der Waals surface area contributed by atoms with Gasteiger partial charge in [-0.3, -0.25) is 4.79 Å². The van der Waals surface area contributed by atoms with Crippen LogP contribution in [0.4, 0.5) is 0 Å². The van der Waals surface area contributed by atoms with Crippen LogP contribution >= 0.6 is 0 Å². The summed E-state index contributed by atoms with van der Waals surface area (Å²) in [6.45, 7) is 5.68. The summed E-state index contributed by atoms with van der Waals surface area (Å²) in [5.74, 6) is 2.42. The topological polar surface area (TPSA) is 69.6 Å². The van der Waals surface area contributed by atoms with Crippen LogP contribution in [0.1, 0.15) is 49.8 Å². The molecule has 0 radical (unpaired) electrons. The van der Waals surface area contributed by atoms with Gasteiger partial charge in [-0.05, 0) is 49.2 Å². The van der Waals surface area contributed by atoms with Gasteiger partial charge in [-0.2, -0.15) is 5.10 Å². The summed E-state index contributed by atoms with van der Waals surface area (Å²) < 4.78 is 22.0. The van der Waals surface area contributed by atoms with Crippen LogP contribution in [0.5, 0.6) is 23.0 Å². The van der Waals surface area contributed by atoms with Gasteiger partial charge >= 0.3 is 0 Å². The lowest BCUT2D eigenvalue weighted by Crippen LogP contribution is -2.36. The molecule has 2 unspecified atom stereocenters. The fourth-order valence-electron chi connectivity index (χ4n) is 4.20. The Morgan fingerprint density at radius 1 is 0.935 bits per heavy atom. The Bertz CT molecular complexity index is 1000. The molecule has 166 valence electrons. The van der Waals surface area contributed by atoms with Gasteiger partial charge in [-0.1, -0.05) is 6.92 Å². The average molecular weight is 427 g/mol.